The molecule has 0 amide bonds. The number of benzene rings is 1. The molecule has 2 rings (SSSR count). The number of rotatable bonds is 3. The van der Waals surface area contributed by atoms with Gasteiger partial charge in [-0.25, -0.2) is 4.39 Å². The number of ether oxygens (including phenoxy) is 1. The lowest BCUT2D eigenvalue weighted by Crippen LogP contribution is -2.12. The molecule has 0 saturated heterocycles. The quantitative estimate of drug-likeness (QED) is 0.892. The Kier molecular flexibility index (Phi) is 3.17. The van der Waals surface area contributed by atoms with Crippen molar-refractivity contribution in [1.29, 1.82) is 0 Å². The van der Waals surface area contributed by atoms with Crippen LogP contribution in [-0.2, 0) is 0 Å². The molecule has 1 heterocycles. The predicted octanol–water partition coefficient (Wildman–Crippen LogP) is 2.34. The molecule has 0 bridgehead atoms. The van der Waals surface area contributed by atoms with Crippen LogP contribution in [-0.4, -0.2) is 12.1 Å². The van der Waals surface area contributed by atoms with Crippen LogP contribution in [0.4, 0.5) is 4.39 Å². The van der Waals surface area contributed by atoms with Crippen molar-refractivity contribution in [3.8, 4) is 5.75 Å². The Hall–Kier alpha value is -1.46. The van der Waals surface area contributed by atoms with Crippen molar-refractivity contribution in [2.45, 2.75) is 6.04 Å². The Morgan fingerprint density at radius 2 is 2.31 bits per heavy atom. The molecule has 0 saturated carbocycles. The summed E-state index contributed by atoms with van der Waals surface area (Å²) in [4.78, 5) is 4.83. The summed E-state index contributed by atoms with van der Waals surface area (Å²) in [6.07, 6.45) is 1.68. The van der Waals surface area contributed by atoms with Crippen LogP contribution in [0.1, 0.15) is 16.5 Å². The van der Waals surface area contributed by atoms with E-state index in [2.05, 4.69) is 4.98 Å². The smallest absolute Gasteiger partial charge is 0.124 e. The Morgan fingerprint density at radius 1 is 1.50 bits per heavy atom. The molecule has 0 aliphatic carbocycles. The zero-order valence-electron chi connectivity index (χ0n) is 8.68. The number of thiazole rings is 1. The van der Waals surface area contributed by atoms with Gasteiger partial charge in [-0.3, -0.25) is 4.98 Å². The molecule has 84 valence electrons. The molecule has 0 fully saturated rings. The highest BCUT2D eigenvalue weighted by atomic mass is 32.1. The van der Waals surface area contributed by atoms with Gasteiger partial charge in [0.1, 0.15) is 11.6 Å². The number of methoxy groups -OCH3 is 1. The Morgan fingerprint density at radius 3 is 2.94 bits per heavy atom. The highest BCUT2D eigenvalue weighted by Crippen LogP contribution is 2.30. The van der Waals surface area contributed by atoms with Gasteiger partial charge in [-0.15, -0.1) is 11.3 Å². The van der Waals surface area contributed by atoms with Crippen molar-refractivity contribution >= 4 is 11.3 Å². The summed E-state index contributed by atoms with van der Waals surface area (Å²) in [6, 6.07) is 3.91. The molecular formula is C11H11FN2OS. The molecule has 5 heteroatoms. The fourth-order valence-corrected chi connectivity index (χ4v) is 2.12. The Balaban J connectivity index is 2.42. The van der Waals surface area contributed by atoms with Crippen LogP contribution in [0.5, 0.6) is 5.75 Å². The average Bonchev–Trinajstić information content (AvgIpc) is 2.81. The zero-order valence-corrected chi connectivity index (χ0v) is 9.50. The van der Waals surface area contributed by atoms with E-state index in [1.807, 2.05) is 0 Å². The molecule has 2 N–H and O–H groups in total. The first-order valence-corrected chi connectivity index (χ1v) is 5.57. The molecule has 2 aromatic rings. The topological polar surface area (TPSA) is 48.1 Å². The lowest BCUT2D eigenvalue weighted by atomic mass is 10.1. The third-order valence-electron chi connectivity index (χ3n) is 2.28. The van der Waals surface area contributed by atoms with Gasteiger partial charge in [0, 0.05) is 16.6 Å². The second-order valence-electron chi connectivity index (χ2n) is 3.27. The van der Waals surface area contributed by atoms with Crippen LogP contribution < -0.4 is 10.5 Å². The van der Waals surface area contributed by atoms with Crippen molar-refractivity contribution < 1.29 is 9.13 Å². The summed E-state index contributed by atoms with van der Waals surface area (Å²) >= 11 is 1.44. The van der Waals surface area contributed by atoms with E-state index in [1.165, 1.54) is 30.6 Å². The predicted molar refractivity (Wildman–Crippen MR) is 61.1 cm³/mol. The van der Waals surface area contributed by atoms with Crippen molar-refractivity contribution in [3.63, 3.8) is 0 Å². The molecule has 1 unspecified atom stereocenters. The van der Waals surface area contributed by atoms with Gasteiger partial charge in [-0.2, -0.15) is 0 Å². The second-order valence-corrected chi connectivity index (χ2v) is 4.19. The molecule has 3 nitrogen and oxygen atoms in total. The van der Waals surface area contributed by atoms with E-state index < -0.39 is 6.04 Å². The van der Waals surface area contributed by atoms with Crippen molar-refractivity contribution in [1.82, 2.24) is 4.98 Å². The minimum absolute atomic E-state index is 0.323. The maximum atomic E-state index is 13.2. The summed E-state index contributed by atoms with van der Waals surface area (Å²) in [5.74, 6) is 0.262. The first-order chi connectivity index (χ1) is 7.72. The largest absolute Gasteiger partial charge is 0.496 e. The van der Waals surface area contributed by atoms with Gasteiger partial charge in [-0.05, 0) is 18.2 Å². The molecule has 1 aromatic heterocycles. The van der Waals surface area contributed by atoms with Gasteiger partial charge in [0.25, 0.3) is 0 Å². The lowest BCUT2D eigenvalue weighted by Gasteiger charge is -2.13. The van der Waals surface area contributed by atoms with E-state index in [4.69, 9.17) is 10.5 Å². The first kappa shape index (κ1) is 11.0. The molecule has 0 spiro atoms. The van der Waals surface area contributed by atoms with E-state index in [0.29, 0.717) is 11.3 Å². The van der Waals surface area contributed by atoms with Crippen LogP contribution >= 0.6 is 11.3 Å². The maximum Gasteiger partial charge on any atom is 0.124 e. The average molecular weight is 238 g/mol. The SMILES string of the molecule is COc1ccc(F)cc1C(N)c1cncs1. The van der Waals surface area contributed by atoms with E-state index in [0.717, 1.165) is 4.88 Å². The van der Waals surface area contributed by atoms with Crippen LogP contribution in [0.3, 0.4) is 0 Å². The fraction of sp³-hybridized carbons (Fsp3) is 0.182. The first-order valence-electron chi connectivity index (χ1n) is 4.69. The van der Waals surface area contributed by atoms with E-state index in [1.54, 1.807) is 17.8 Å². The third-order valence-corrected chi connectivity index (χ3v) is 3.14. The standard InChI is InChI=1S/C11H11FN2OS/c1-15-9-3-2-7(12)4-8(9)11(13)10-5-14-6-16-10/h2-6,11H,13H2,1H3. The summed E-state index contributed by atoms with van der Waals surface area (Å²) in [5, 5.41) is 0. The third kappa shape index (κ3) is 2.05. The Bertz CT molecular complexity index is 473. The minimum atomic E-state index is -0.404. The number of halogens is 1. The summed E-state index contributed by atoms with van der Waals surface area (Å²) in [6.45, 7) is 0. The molecule has 1 aromatic carbocycles. The monoisotopic (exact) mass is 238 g/mol. The summed E-state index contributed by atoms with van der Waals surface area (Å²) < 4.78 is 18.3. The molecule has 1 atom stereocenters. The zero-order chi connectivity index (χ0) is 11.5. The minimum Gasteiger partial charge on any atom is -0.496 e. The number of hydrogen-bond acceptors (Lipinski definition) is 4. The number of aromatic nitrogens is 1. The number of hydrogen-bond donors (Lipinski definition) is 1. The van der Waals surface area contributed by atoms with Gasteiger partial charge in [0.05, 0.1) is 18.7 Å². The molecule has 0 radical (unpaired) electrons. The van der Waals surface area contributed by atoms with E-state index in [-0.39, 0.29) is 5.82 Å². The van der Waals surface area contributed by atoms with Crippen molar-refractivity contribution in [2.75, 3.05) is 7.11 Å². The highest BCUT2D eigenvalue weighted by Gasteiger charge is 2.16. The summed E-state index contributed by atoms with van der Waals surface area (Å²) in [5.41, 5.74) is 8.36. The van der Waals surface area contributed by atoms with Gasteiger partial charge in [0.15, 0.2) is 0 Å². The number of nitrogens with zero attached hydrogens (tertiary/aromatic N) is 1. The fourth-order valence-electron chi connectivity index (χ4n) is 1.48. The van der Waals surface area contributed by atoms with Crippen LogP contribution in [0.2, 0.25) is 0 Å². The number of nitrogens with two attached hydrogens (primary N) is 1. The van der Waals surface area contributed by atoms with E-state index in [9.17, 15) is 4.39 Å². The molecular weight excluding hydrogens is 227 g/mol. The van der Waals surface area contributed by atoms with Gasteiger partial charge in [-0.1, -0.05) is 0 Å². The van der Waals surface area contributed by atoms with Crippen molar-refractivity contribution in [3.05, 3.63) is 46.2 Å². The van der Waals surface area contributed by atoms with Crippen LogP contribution in [0.25, 0.3) is 0 Å². The lowest BCUT2D eigenvalue weighted by molar-refractivity contribution is 0.406. The van der Waals surface area contributed by atoms with Crippen molar-refractivity contribution in [2.24, 2.45) is 5.73 Å². The second kappa shape index (κ2) is 4.59. The summed E-state index contributed by atoms with van der Waals surface area (Å²) in [7, 11) is 1.54. The van der Waals surface area contributed by atoms with Crippen LogP contribution in [0.15, 0.2) is 29.9 Å². The van der Waals surface area contributed by atoms with Gasteiger partial charge >= 0.3 is 0 Å². The maximum absolute atomic E-state index is 13.2. The normalized spacial score (nSPS) is 12.4. The van der Waals surface area contributed by atoms with Crippen LogP contribution in [0, 0.1) is 5.82 Å². The molecule has 0 aliphatic rings. The Labute approximate surface area is 96.7 Å². The van der Waals surface area contributed by atoms with Gasteiger partial charge in [0.2, 0.25) is 0 Å². The highest BCUT2D eigenvalue weighted by molar-refractivity contribution is 7.09. The van der Waals surface area contributed by atoms with Gasteiger partial charge < -0.3 is 10.5 Å². The van der Waals surface area contributed by atoms with E-state index >= 15 is 0 Å². The molecule has 16 heavy (non-hydrogen) atoms. The molecule has 0 aliphatic heterocycles.